The number of anilines is 3. The molecule has 0 bridgehead atoms. The Labute approximate surface area is 429 Å². The van der Waals surface area contributed by atoms with E-state index >= 15 is 0 Å². The van der Waals surface area contributed by atoms with Gasteiger partial charge in [0.05, 0.1) is 0 Å². The monoisotopic (exact) mass is 1420 g/mol. The van der Waals surface area contributed by atoms with Crippen molar-refractivity contribution in [2.45, 2.75) is 81.6 Å². The number of nitrogens with zero attached hydrogens (tertiary/aromatic N) is 18. The van der Waals surface area contributed by atoms with E-state index < -0.39 is 0 Å². The fourth-order valence-electron chi connectivity index (χ4n) is 5.69. The summed E-state index contributed by atoms with van der Waals surface area (Å²) < 4.78 is 5.32. The molecule has 21 heteroatoms. The zero-order valence-electron chi connectivity index (χ0n) is 41.6. The minimum absolute atomic E-state index is 0.481. The Hall–Kier alpha value is -3.40. The summed E-state index contributed by atoms with van der Waals surface area (Å²) in [5, 5.41) is 12.6. The average molecular weight is 1420 g/mol. The van der Waals surface area contributed by atoms with Crippen LogP contribution in [0.5, 0.6) is 0 Å². The van der Waals surface area contributed by atoms with Crippen LogP contribution in [0.1, 0.15) is 78.0 Å². The maximum atomic E-state index is 4.50. The van der Waals surface area contributed by atoms with E-state index in [2.05, 4.69) is 153 Å². The van der Waals surface area contributed by atoms with Gasteiger partial charge < -0.3 is 0 Å². The molecule has 0 spiro atoms. The Balaban J connectivity index is 0.000000453. The molecule has 3 aliphatic rings. The molecule has 0 saturated carbocycles. The molecule has 0 aromatic carbocycles. The van der Waals surface area contributed by atoms with Crippen LogP contribution in [0.3, 0.4) is 0 Å². The molecule has 366 valence electrons. The summed E-state index contributed by atoms with van der Waals surface area (Å²) in [7, 11) is 6.42. The van der Waals surface area contributed by atoms with E-state index in [1.807, 2.05) is 39.0 Å². The van der Waals surface area contributed by atoms with Gasteiger partial charge in [-0.25, -0.2) is 0 Å². The van der Waals surface area contributed by atoms with Crippen molar-refractivity contribution >= 4 is 67.8 Å². The molecule has 3 aromatic heterocycles. The van der Waals surface area contributed by atoms with Gasteiger partial charge in [0, 0.05) is 0 Å². The van der Waals surface area contributed by atoms with E-state index in [-0.39, 0.29) is 0 Å². The number of rotatable bonds is 12. The molecule has 6 heterocycles. The Morgan fingerprint density at radius 2 is 0.848 bits per heavy atom. The third-order valence-electron chi connectivity index (χ3n) is 8.85. The molecule has 3 saturated heterocycles. The Morgan fingerprint density at radius 3 is 1.29 bits per heavy atom. The number of aromatic nitrogens is 6. The van der Waals surface area contributed by atoms with Gasteiger partial charge >= 0.3 is 372 Å². The van der Waals surface area contributed by atoms with Crippen molar-refractivity contribution in [3.8, 4) is 0 Å². The van der Waals surface area contributed by atoms with Gasteiger partial charge in [-0.05, 0) is 0 Å². The van der Waals surface area contributed by atoms with E-state index in [4.69, 9.17) is 0 Å². The van der Waals surface area contributed by atoms with Crippen LogP contribution in [0, 0.1) is 20.8 Å². The van der Waals surface area contributed by atoms with Crippen molar-refractivity contribution in [2.75, 3.05) is 114 Å². The summed E-state index contributed by atoms with van der Waals surface area (Å²) in [5.41, 5.74) is 1.87. The second-order valence-electron chi connectivity index (χ2n) is 15.5. The first-order valence-corrected chi connectivity index (χ1v) is 27.7. The van der Waals surface area contributed by atoms with Crippen molar-refractivity contribution in [1.29, 1.82) is 0 Å². The van der Waals surface area contributed by atoms with E-state index in [1.165, 1.54) is 96.3 Å². The van der Waals surface area contributed by atoms with Gasteiger partial charge in [0.1, 0.15) is 0 Å². The molecule has 3 aliphatic heterocycles. The summed E-state index contributed by atoms with van der Waals surface area (Å²) in [6.07, 6.45) is 8.31. The van der Waals surface area contributed by atoms with Crippen LogP contribution in [0.25, 0.3) is 16.0 Å². The summed E-state index contributed by atoms with van der Waals surface area (Å²) in [4.78, 5) is 52.2. The van der Waals surface area contributed by atoms with E-state index in [0.717, 1.165) is 113 Å². The standard InChI is InChI=1S/3C12H17N6.3C3H8.3W/c1-10-15-11(14-9-13-2)8-12(16-10)18-6-4-17(3)5-7-18;1-10-8-11(16-12(15-10)14-9-13-2)18-6-4-17(3)5-7-18;1-10-8-11(14-9-13-2)16-12(15-10)18-6-4-17(3)5-7-18;3*1-3-2;;;/h3*2,8-9H,4-7H2,1,3H3;3*3H2,1-2H3;;;/q3*-1;;;;;;. The summed E-state index contributed by atoms with van der Waals surface area (Å²) >= 11 is 3.90. The van der Waals surface area contributed by atoms with Crippen LogP contribution in [-0.4, -0.2) is 177 Å². The minimum atomic E-state index is 0.481. The van der Waals surface area contributed by atoms with Gasteiger partial charge in [-0.1, -0.05) is 60.8 Å². The maximum absolute atomic E-state index is 4.50. The first-order valence-electron chi connectivity index (χ1n) is 22.7. The molecule has 3 aromatic rings. The van der Waals surface area contributed by atoms with Crippen molar-refractivity contribution in [3.05, 3.63) is 51.4 Å². The van der Waals surface area contributed by atoms with Crippen molar-refractivity contribution in [3.63, 3.8) is 0 Å². The predicted octanol–water partition coefficient (Wildman–Crippen LogP) is 6.88. The summed E-state index contributed by atoms with van der Waals surface area (Å²) in [6.45, 7) is 30.8. The molecule has 0 atom stereocenters. The molecule has 66 heavy (non-hydrogen) atoms. The summed E-state index contributed by atoms with van der Waals surface area (Å²) in [6, 6.07) is 5.80. The van der Waals surface area contributed by atoms with Gasteiger partial charge in [-0.15, -0.1) is 0 Å². The zero-order valence-corrected chi connectivity index (χ0v) is 50.4. The third-order valence-corrected chi connectivity index (χ3v) is 10.2. The Morgan fingerprint density at radius 1 is 0.470 bits per heavy atom. The molecular weight excluding hydrogens is 1340 g/mol. The first kappa shape index (κ1) is 60.6. The van der Waals surface area contributed by atoms with Crippen LogP contribution < -0.4 is 14.7 Å². The molecule has 0 N–H and O–H groups in total. The Bertz CT molecular complexity index is 1660. The Kier molecular flexibility index (Phi) is 34.5. The van der Waals surface area contributed by atoms with Crippen molar-refractivity contribution < 1.29 is 58.1 Å². The molecule has 6 rings (SSSR count). The fourth-order valence-corrected chi connectivity index (χ4v) is 6.28. The topological polar surface area (TPSA) is 176 Å². The molecule has 0 unspecified atom stereocenters. The molecule has 18 nitrogen and oxygen atoms in total. The van der Waals surface area contributed by atoms with Crippen LogP contribution in [0.4, 0.5) is 35.2 Å². The van der Waals surface area contributed by atoms with E-state index in [1.54, 1.807) is 13.6 Å². The average Bonchev–Trinajstić information content (AvgIpc) is 3.28. The number of aliphatic imine (C=N–C) groups is 3. The molecular formula is C45H75N18W3-3. The van der Waals surface area contributed by atoms with Crippen LogP contribution in [0.2, 0.25) is 0 Å². The molecule has 3 fully saturated rings. The van der Waals surface area contributed by atoms with Crippen LogP contribution >= 0.6 is 0 Å². The molecule has 0 amide bonds. The van der Waals surface area contributed by atoms with Crippen LogP contribution in [0.15, 0.2) is 33.2 Å². The molecule has 0 radical (unpaired) electrons. The molecule has 0 aliphatic carbocycles. The van der Waals surface area contributed by atoms with Crippen LogP contribution in [-0.2, 0) is 58.1 Å². The van der Waals surface area contributed by atoms with Gasteiger partial charge in [-0.2, -0.15) is 0 Å². The number of aryl methyl sites for hydroxylation is 3. The van der Waals surface area contributed by atoms with Gasteiger partial charge in [0.15, 0.2) is 0 Å². The second-order valence-corrected chi connectivity index (χ2v) is 17.7. The first-order chi connectivity index (χ1) is 31.8. The summed E-state index contributed by atoms with van der Waals surface area (Å²) in [5.74, 6) is 5.25. The normalized spacial score (nSPS) is 15.4. The SMILES string of the molecule is CCC.CCC.CCC.Cc1cc(N2CCN(C)CC2)nc([N-]C=N[CH]=[W])n1.Cc1cc([N-]C=N[CH]=[W])nc(N2CCN(C)CC2)n1.Cc1nc([N-]C=N[CH]=[W])cc(N2CCN(C)CC2)n1. The van der Waals surface area contributed by atoms with E-state index in [0.29, 0.717) is 17.6 Å². The van der Waals surface area contributed by atoms with Crippen molar-refractivity contribution in [1.82, 2.24) is 44.6 Å². The van der Waals surface area contributed by atoms with Gasteiger partial charge in [0.2, 0.25) is 0 Å². The third kappa shape index (κ3) is 26.8. The van der Waals surface area contributed by atoms with Gasteiger partial charge in [-0.3, -0.25) is 0 Å². The van der Waals surface area contributed by atoms with E-state index in [9.17, 15) is 0 Å². The number of piperazine rings is 3. The number of hydrogen-bond acceptors (Lipinski definition) is 15. The van der Waals surface area contributed by atoms with Crippen molar-refractivity contribution in [2.24, 2.45) is 15.0 Å². The number of likely N-dealkylation sites (N-methyl/N-ethyl adjacent to an activating group) is 3. The fraction of sp³-hybridized carbons (Fsp3) is 0.600. The predicted molar refractivity (Wildman–Crippen MR) is 270 cm³/mol. The second kappa shape index (κ2) is 37.6. The zero-order chi connectivity index (χ0) is 49.1. The van der Waals surface area contributed by atoms with Gasteiger partial charge in [0.25, 0.3) is 0 Å². The quantitative estimate of drug-likeness (QED) is 0.136. The number of hydrogen-bond donors (Lipinski definition) is 0.